The second-order valence-corrected chi connectivity index (χ2v) is 5.17. The van der Waals surface area contributed by atoms with Crippen LogP contribution in [0.1, 0.15) is 43.2 Å². The van der Waals surface area contributed by atoms with Crippen molar-refractivity contribution in [3.05, 3.63) is 5.82 Å². The average Bonchev–Trinajstić information content (AvgIpc) is 2.85. The van der Waals surface area contributed by atoms with E-state index in [2.05, 4.69) is 15.2 Å². The predicted molar refractivity (Wildman–Crippen MR) is 70.9 cm³/mol. The Kier molecular flexibility index (Phi) is 3.91. The van der Waals surface area contributed by atoms with Gasteiger partial charge in [-0.05, 0) is 19.3 Å². The molecule has 0 aromatic carbocycles. The van der Waals surface area contributed by atoms with Crippen LogP contribution in [-0.2, 0) is 4.79 Å². The Hall–Kier alpha value is -2.12. The molecule has 1 amide bonds. The van der Waals surface area contributed by atoms with E-state index in [1.165, 1.54) is 0 Å². The molecule has 20 heavy (non-hydrogen) atoms. The Morgan fingerprint density at radius 2 is 2.10 bits per heavy atom. The largest absolute Gasteiger partial charge is 0.481 e. The molecule has 1 aromatic heterocycles. The highest BCUT2D eigenvalue weighted by Crippen LogP contribution is 2.36. The first-order valence-corrected chi connectivity index (χ1v) is 6.69. The Bertz CT molecular complexity index is 505. The number of aromatic nitrogens is 3. The van der Waals surface area contributed by atoms with Crippen LogP contribution < -0.4 is 5.73 Å². The molecule has 1 aromatic rings. The fourth-order valence-electron chi connectivity index (χ4n) is 2.71. The van der Waals surface area contributed by atoms with E-state index in [0.717, 1.165) is 6.42 Å². The van der Waals surface area contributed by atoms with Crippen LogP contribution in [-0.4, -0.2) is 50.2 Å². The van der Waals surface area contributed by atoms with E-state index < -0.39 is 11.4 Å². The van der Waals surface area contributed by atoms with Crippen LogP contribution in [0.25, 0.3) is 0 Å². The molecule has 0 radical (unpaired) electrons. The van der Waals surface area contributed by atoms with E-state index in [9.17, 15) is 14.7 Å². The molecule has 0 atom stereocenters. The summed E-state index contributed by atoms with van der Waals surface area (Å²) in [5, 5.41) is 15.5. The highest BCUT2D eigenvalue weighted by Gasteiger charge is 2.41. The van der Waals surface area contributed by atoms with E-state index in [1.807, 2.05) is 6.92 Å². The highest BCUT2D eigenvalue weighted by molar-refractivity contribution is 5.91. The fraction of sp³-hybridized carbons (Fsp3) is 0.667. The summed E-state index contributed by atoms with van der Waals surface area (Å²) >= 11 is 0. The van der Waals surface area contributed by atoms with E-state index in [0.29, 0.717) is 32.4 Å². The lowest BCUT2D eigenvalue weighted by molar-refractivity contribution is -0.152. The molecule has 0 aliphatic carbocycles. The van der Waals surface area contributed by atoms with Crippen molar-refractivity contribution in [2.75, 3.05) is 18.8 Å². The third-order valence-corrected chi connectivity index (χ3v) is 3.90. The molecule has 2 heterocycles. The van der Waals surface area contributed by atoms with Crippen LogP contribution in [0.2, 0.25) is 0 Å². The van der Waals surface area contributed by atoms with Gasteiger partial charge in [-0.25, -0.2) is 0 Å². The van der Waals surface area contributed by atoms with Crippen LogP contribution in [0.3, 0.4) is 0 Å². The van der Waals surface area contributed by atoms with Gasteiger partial charge in [-0.15, -0.1) is 5.10 Å². The molecule has 1 aliphatic heterocycles. The molecule has 0 saturated carbocycles. The number of nitrogens with zero attached hydrogens (tertiary/aromatic N) is 3. The van der Waals surface area contributed by atoms with Gasteiger partial charge in [0, 0.05) is 13.1 Å². The van der Waals surface area contributed by atoms with E-state index >= 15 is 0 Å². The molecule has 4 N–H and O–H groups in total. The molecular weight excluding hydrogens is 262 g/mol. The molecule has 8 heteroatoms. The van der Waals surface area contributed by atoms with Gasteiger partial charge in [-0.2, -0.15) is 4.98 Å². The van der Waals surface area contributed by atoms with E-state index in [-0.39, 0.29) is 17.7 Å². The monoisotopic (exact) mass is 281 g/mol. The first-order valence-electron chi connectivity index (χ1n) is 6.69. The van der Waals surface area contributed by atoms with Gasteiger partial charge in [0.2, 0.25) is 11.8 Å². The summed E-state index contributed by atoms with van der Waals surface area (Å²) in [4.78, 5) is 29.0. The summed E-state index contributed by atoms with van der Waals surface area (Å²) in [6.07, 6.45) is 2.38. The van der Waals surface area contributed by atoms with E-state index in [4.69, 9.17) is 5.73 Å². The fourth-order valence-corrected chi connectivity index (χ4v) is 2.71. The van der Waals surface area contributed by atoms with Crippen LogP contribution >= 0.6 is 0 Å². The zero-order chi connectivity index (χ0) is 14.8. The maximum atomic E-state index is 12.1. The molecule has 8 nitrogen and oxygen atoms in total. The first-order chi connectivity index (χ1) is 9.48. The molecule has 1 aliphatic rings. The average molecular weight is 281 g/mol. The number of carbonyl (C=O) groups is 2. The van der Waals surface area contributed by atoms with Gasteiger partial charge >= 0.3 is 5.97 Å². The van der Waals surface area contributed by atoms with E-state index in [1.54, 1.807) is 4.90 Å². The predicted octanol–water partition coefficient (Wildman–Crippen LogP) is 0.494. The number of aliphatic carboxylic acids is 1. The van der Waals surface area contributed by atoms with Gasteiger partial charge in [0.1, 0.15) is 0 Å². The molecule has 1 fully saturated rings. The van der Waals surface area contributed by atoms with Crippen molar-refractivity contribution in [1.82, 2.24) is 20.1 Å². The summed E-state index contributed by atoms with van der Waals surface area (Å²) < 4.78 is 0. The number of aromatic amines is 1. The molecule has 110 valence electrons. The van der Waals surface area contributed by atoms with Gasteiger partial charge in [0.25, 0.3) is 5.91 Å². The third-order valence-electron chi connectivity index (χ3n) is 3.90. The SMILES string of the molecule is CCCC1(C(=O)O)CCN(C(=O)c2nc(N)n[nH]2)CC1. The second-order valence-electron chi connectivity index (χ2n) is 5.17. The van der Waals surface area contributed by atoms with Gasteiger partial charge in [-0.3, -0.25) is 14.7 Å². The number of hydrogen-bond donors (Lipinski definition) is 3. The number of carbonyl (C=O) groups excluding carboxylic acids is 1. The van der Waals surface area contributed by atoms with Crippen molar-refractivity contribution in [3.63, 3.8) is 0 Å². The maximum Gasteiger partial charge on any atom is 0.309 e. The minimum absolute atomic E-state index is 0.0243. The summed E-state index contributed by atoms with van der Waals surface area (Å²) in [5.74, 6) is -0.933. The van der Waals surface area contributed by atoms with Gasteiger partial charge in [-0.1, -0.05) is 13.3 Å². The Morgan fingerprint density at radius 3 is 2.55 bits per heavy atom. The zero-order valence-corrected chi connectivity index (χ0v) is 11.4. The minimum Gasteiger partial charge on any atom is -0.481 e. The smallest absolute Gasteiger partial charge is 0.309 e. The molecule has 0 unspecified atom stereocenters. The van der Waals surface area contributed by atoms with Crippen LogP contribution in [0.15, 0.2) is 0 Å². The number of amides is 1. The number of carboxylic acid groups (broad SMARTS) is 1. The van der Waals surface area contributed by atoms with Crippen LogP contribution in [0, 0.1) is 5.41 Å². The highest BCUT2D eigenvalue weighted by atomic mass is 16.4. The van der Waals surface area contributed by atoms with Crippen molar-refractivity contribution in [1.29, 1.82) is 0 Å². The van der Waals surface area contributed by atoms with Gasteiger partial charge in [0.15, 0.2) is 0 Å². The zero-order valence-electron chi connectivity index (χ0n) is 11.4. The Morgan fingerprint density at radius 1 is 1.45 bits per heavy atom. The normalized spacial score (nSPS) is 17.9. The first kappa shape index (κ1) is 14.3. The number of carboxylic acids is 1. The number of piperidine rings is 1. The van der Waals surface area contributed by atoms with Crippen molar-refractivity contribution in [2.45, 2.75) is 32.6 Å². The summed E-state index contributed by atoms with van der Waals surface area (Å²) in [6, 6.07) is 0. The number of nitrogen functional groups attached to an aromatic ring is 1. The number of hydrogen-bond acceptors (Lipinski definition) is 5. The van der Waals surface area contributed by atoms with Gasteiger partial charge in [0.05, 0.1) is 5.41 Å². The van der Waals surface area contributed by atoms with Gasteiger partial charge < -0.3 is 15.7 Å². The summed E-state index contributed by atoms with van der Waals surface area (Å²) in [7, 11) is 0. The third kappa shape index (κ3) is 2.59. The topological polar surface area (TPSA) is 125 Å². The number of nitrogens with one attached hydrogen (secondary N) is 1. The number of H-pyrrole nitrogens is 1. The van der Waals surface area contributed by atoms with Crippen LogP contribution in [0.5, 0.6) is 0 Å². The lowest BCUT2D eigenvalue weighted by Crippen LogP contribution is -2.46. The van der Waals surface area contributed by atoms with Crippen molar-refractivity contribution in [3.8, 4) is 0 Å². The molecule has 2 rings (SSSR count). The second kappa shape index (κ2) is 5.48. The number of anilines is 1. The molecular formula is C12H19N5O3. The number of likely N-dealkylation sites (tertiary alicyclic amines) is 1. The molecule has 0 bridgehead atoms. The molecule has 1 saturated heterocycles. The molecule has 0 spiro atoms. The Labute approximate surface area is 116 Å². The van der Waals surface area contributed by atoms with Crippen LogP contribution in [0.4, 0.5) is 5.95 Å². The lowest BCUT2D eigenvalue weighted by Gasteiger charge is -2.38. The standard InChI is InChI=1S/C12H19N5O3/c1-2-3-12(10(19)20)4-6-17(7-5-12)9(18)8-14-11(13)16-15-8/h2-7H2,1H3,(H,19,20)(H3,13,14,15,16). The van der Waals surface area contributed by atoms with Crippen molar-refractivity contribution in [2.24, 2.45) is 5.41 Å². The summed E-state index contributed by atoms with van der Waals surface area (Å²) in [6.45, 7) is 2.79. The number of rotatable bonds is 4. The van der Waals surface area contributed by atoms with Crippen molar-refractivity contribution < 1.29 is 14.7 Å². The van der Waals surface area contributed by atoms with Crippen molar-refractivity contribution >= 4 is 17.8 Å². The lowest BCUT2D eigenvalue weighted by atomic mass is 9.75. The Balaban J connectivity index is 2.03. The summed E-state index contributed by atoms with van der Waals surface area (Å²) in [5.41, 5.74) is 4.66. The quantitative estimate of drug-likeness (QED) is 0.737. The minimum atomic E-state index is -0.768. The maximum absolute atomic E-state index is 12.1. The number of nitrogens with two attached hydrogens (primary N) is 1.